The summed E-state index contributed by atoms with van der Waals surface area (Å²) in [7, 11) is 0. The number of hydrogen-bond acceptors (Lipinski definition) is 6. The number of nitrogens with zero attached hydrogens (tertiary/aromatic N) is 5. The molecule has 2 aromatic rings. The topological polar surface area (TPSA) is 137 Å². The number of aromatic nitrogens is 4. The van der Waals surface area contributed by atoms with Gasteiger partial charge in [-0.3, -0.25) is 29.1 Å². The van der Waals surface area contributed by atoms with Crippen LogP contribution in [0.5, 0.6) is 0 Å². The first kappa shape index (κ1) is 23.5. The average molecular weight is 484 g/mol. The fourth-order valence-corrected chi connectivity index (χ4v) is 7.24. The van der Waals surface area contributed by atoms with Crippen molar-refractivity contribution in [2.45, 2.75) is 77.3 Å². The van der Waals surface area contributed by atoms with Crippen LogP contribution in [0.3, 0.4) is 0 Å². The molecule has 4 aliphatic carbocycles. The molecule has 4 fully saturated rings. The number of hydrogen-bond donors (Lipinski definition) is 2. The van der Waals surface area contributed by atoms with Crippen molar-refractivity contribution >= 4 is 23.2 Å². The number of anilines is 1. The summed E-state index contributed by atoms with van der Waals surface area (Å²) in [6.07, 6.45) is 11.6. The molecule has 4 aliphatic rings. The van der Waals surface area contributed by atoms with E-state index in [0.717, 1.165) is 44.9 Å². The SMILES string of the molecule is CCCNC(=O)c1nn(CC)cc1NC(=O)CC12CC3CC(C1)CC(n1cc([N+](=O)[O-])cn1)(C3)C2. The lowest BCUT2D eigenvalue weighted by molar-refractivity contribution is -0.385. The van der Waals surface area contributed by atoms with E-state index >= 15 is 0 Å². The minimum atomic E-state index is -0.405. The molecule has 0 radical (unpaired) electrons. The van der Waals surface area contributed by atoms with Gasteiger partial charge in [-0.2, -0.15) is 10.2 Å². The smallest absolute Gasteiger partial charge is 0.307 e. The predicted molar refractivity (Wildman–Crippen MR) is 128 cm³/mol. The molecule has 188 valence electrons. The van der Waals surface area contributed by atoms with E-state index in [4.69, 9.17) is 0 Å². The maximum Gasteiger partial charge on any atom is 0.307 e. The maximum atomic E-state index is 13.3. The summed E-state index contributed by atoms with van der Waals surface area (Å²) in [6, 6.07) is 0. The zero-order valence-corrected chi connectivity index (χ0v) is 20.3. The van der Waals surface area contributed by atoms with Gasteiger partial charge >= 0.3 is 5.69 Å². The molecule has 0 aromatic carbocycles. The van der Waals surface area contributed by atoms with Crippen molar-refractivity contribution in [3.63, 3.8) is 0 Å². The molecule has 2 atom stereocenters. The Morgan fingerprint density at radius 3 is 2.57 bits per heavy atom. The van der Waals surface area contributed by atoms with E-state index in [0.29, 0.717) is 37.0 Å². The minimum absolute atomic E-state index is 0.00866. The molecule has 2 unspecified atom stereocenters. The Balaban J connectivity index is 1.35. The van der Waals surface area contributed by atoms with Gasteiger partial charge in [0.1, 0.15) is 12.4 Å². The lowest BCUT2D eigenvalue weighted by Gasteiger charge is -2.61. The van der Waals surface area contributed by atoms with Gasteiger partial charge < -0.3 is 10.6 Å². The highest BCUT2D eigenvalue weighted by atomic mass is 16.6. The van der Waals surface area contributed by atoms with Gasteiger partial charge in [0.25, 0.3) is 5.91 Å². The molecule has 11 nitrogen and oxygen atoms in total. The lowest BCUT2D eigenvalue weighted by atomic mass is 9.46. The second-order valence-corrected chi connectivity index (χ2v) is 10.8. The molecule has 2 aromatic heterocycles. The largest absolute Gasteiger partial charge is 0.351 e. The summed E-state index contributed by atoms with van der Waals surface area (Å²) in [6.45, 7) is 5.05. The number of nitrogens with one attached hydrogen (secondary N) is 2. The molecule has 0 aliphatic heterocycles. The summed E-state index contributed by atoms with van der Waals surface area (Å²) in [4.78, 5) is 36.8. The van der Waals surface area contributed by atoms with Gasteiger partial charge in [0, 0.05) is 25.7 Å². The first-order valence-electron chi connectivity index (χ1n) is 12.6. The van der Waals surface area contributed by atoms with E-state index in [1.807, 2.05) is 18.5 Å². The number of amides is 2. The van der Waals surface area contributed by atoms with E-state index in [-0.39, 0.29) is 34.1 Å². The number of rotatable bonds is 9. The molecule has 4 bridgehead atoms. The van der Waals surface area contributed by atoms with Crippen LogP contribution in [0.15, 0.2) is 18.6 Å². The number of aryl methyl sites for hydroxylation is 1. The maximum absolute atomic E-state index is 13.3. The Morgan fingerprint density at radius 2 is 1.94 bits per heavy atom. The van der Waals surface area contributed by atoms with E-state index in [1.165, 1.54) is 6.20 Å². The van der Waals surface area contributed by atoms with E-state index in [1.54, 1.807) is 17.1 Å². The summed E-state index contributed by atoms with van der Waals surface area (Å²) in [5.74, 6) is 0.577. The lowest BCUT2D eigenvalue weighted by Crippen LogP contribution is -2.57. The van der Waals surface area contributed by atoms with Crippen LogP contribution in [0.2, 0.25) is 0 Å². The van der Waals surface area contributed by atoms with E-state index in [2.05, 4.69) is 20.8 Å². The summed E-state index contributed by atoms with van der Waals surface area (Å²) >= 11 is 0. The van der Waals surface area contributed by atoms with Gasteiger partial charge in [0.15, 0.2) is 5.69 Å². The van der Waals surface area contributed by atoms with Crippen LogP contribution >= 0.6 is 0 Å². The quantitative estimate of drug-likeness (QED) is 0.414. The molecule has 2 heterocycles. The second-order valence-electron chi connectivity index (χ2n) is 10.8. The van der Waals surface area contributed by atoms with Crippen molar-refractivity contribution in [2.24, 2.45) is 17.3 Å². The predicted octanol–water partition coefficient (Wildman–Crippen LogP) is 3.47. The highest BCUT2D eigenvalue weighted by Gasteiger charge is 2.59. The van der Waals surface area contributed by atoms with E-state index < -0.39 is 4.92 Å². The van der Waals surface area contributed by atoms with Gasteiger partial charge in [-0.1, -0.05) is 6.92 Å². The molecule has 35 heavy (non-hydrogen) atoms. The fourth-order valence-electron chi connectivity index (χ4n) is 7.24. The van der Waals surface area contributed by atoms with Crippen LogP contribution in [-0.2, 0) is 16.9 Å². The second kappa shape index (κ2) is 8.76. The number of nitro groups is 1. The molecule has 11 heteroatoms. The molecule has 0 saturated heterocycles. The summed E-state index contributed by atoms with van der Waals surface area (Å²) in [5, 5.41) is 25.8. The monoisotopic (exact) mass is 483 g/mol. The molecule has 6 rings (SSSR count). The third kappa shape index (κ3) is 4.32. The first-order chi connectivity index (χ1) is 16.7. The van der Waals surface area contributed by atoms with Crippen LogP contribution in [0.1, 0.15) is 75.7 Å². The van der Waals surface area contributed by atoms with Crippen molar-refractivity contribution in [3.05, 3.63) is 34.4 Å². The Kier molecular flexibility index (Phi) is 5.88. The van der Waals surface area contributed by atoms with Gasteiger partial charge in [-0.05, 0) is 69.1 Å². The summed E-state index contributed by atoms with van der Waals surface area (Å²) in [5.41, 5.74) is 0.249. The molecular weight excluding hydrogens is 450 g/mol. The van der Waals surface area contributed by atoms with Crippen LogP contribution in [0.4, 0.5) is 11.4 Å². The number of carbonyl (C=O) groups excluding carboxylic acids is 2. The third-order valence-corrected chi connectivity index (χ3v) is 8.06. The van der Waals surface area contributed by atoms with Gasteiger partial charge in [0.2, 0.25) is 5.91 Å². The van der Waals surface area contributed by atoms with Crippen molar-refractivity contribution in [1.82, 2.24) is 24.9 Å². The highest BCUT2D eigenvalue weighted by Crippen LogP contribution is 2.65. The van der Waals surface area contributed by atoms with Crippen LogP contribution < -0.4 is 10.6 Å². The Labute approximate surface area is 203 Å². The standard InChI is InChI=1S/C24H33N7O4/c1-3-5-25-22(33)21-19(14-29(4-2)28-21)27-20(32)11-23-7-16-6-17(8-23)10-24(9-16,15-23)30-13-18(12-26-30)31(34)35/h12-14,16-17H,3-11,15H2,1-2H3,(H,25,33)(H,27,32). The molecule has 0 spiro atoms. The first-order valence-corrected chi connectivity index (χ1v) is 12.6. The average Bonchev–Trinajstić information content (AvgIpc) is 3.44. The molecule has 2 N–H and O–H groups in total. The summed E-state index contributed by atoms with van der Waals surface area (Å²) < 4.78 is 3.47. The third-order valence-electron chi connectivity index (χ3n) is 8.06. The van der Waals surface area contributed by atoms with Crippen LogP contribution in [-0.4, -0.2) is 42.8 Å². The van der Waals surface area contributed by atoms with Crippen molar-refractivity contribution < 1.29 is 14.5 Å². The Bertz CT molecular complexity index is 1140. The highest BCUT2D eigenvalue weighted by molar-refractivity contribution is 6.02. The van der Waals surface area contributed by atoms with E-state index in [9.17, 15) is 19.7 Å². The van der Waals surface area contributed by atoms with Gasteiger partial charge in [-0.25, -0.2) is 0 Å². The molecule has 2 amide bonds. The normalized spacial score (nSPS) is 28.7. The number of carbonyl (C=O) groups is 2. The fraction of sp³-hybridized carbons (Fsp3) is 0.667. The van der Waals surface area contributed by atoms with Crippen molar-refractivity contribution in [3.8, 4) is 0 Å². The van der Waals surface area contributed by atoms with Crippen LogP contribution in [0.25, 0.3) is 0 Å². The molecule has 4 saturated carbocycles. The Morgan fingerprint density at radius 1 is 1.20 bits per heavy atom. The zero-order chi connectivity index (χ0) is 24.8. The minimum Gasteiger partial charge on any atom is -0.351 e. The Hall–Kier alpha value is -3.24. The van der Waals surface area contributed by atoms with Crippen molar-refractivity contribution in [1.29, 1.82) is 0 Å². The van der Waals surface area contributed by atoms with Crippen LogP contribution in [0, 0.1) is 27.4 Å². The molecular formula is C24H33N7O4. The zero-order valence-electron chi connectivity index (χ0n) is 20.3. The van der Waals surface area contributed by atoms with Gasteiger partial charge in [0.05, 0.1) is 16.1 Å². The van der Waals surface area contributed by atoms with Crippen molar-refractivity contribution in [2.75, 3.05) is 11.9 Å². The van der Waals surface area contributed by atoms with Gasteiger partial charge in [-0.15, -0.1) is 0 Å².